The molecule has 0 heterocycles. The lowest BCUT2D eigenvalue weighted by Crippen LogP contribution is -2.46. The van der Waals surface area contributed by atoms with Gasteiger partial charge in [-0.1, -0.05) is 159 Å². The third kappa shape index (κ3) is 9.46. The number of benzene rings is 5. The number of allylic oxidation sites excluding steroid dienone is 1. The van der Waals surface area contributed by atoms with Crippen molar-refractivity contribution in [3.05, 3.63) is 179 Å². The molecule has 1 amide bonds. The van der Waals surface area contributed by atoms with E-state index < -0.39 is 29.0 Å². The van der Waals surface area contributed by atoms with Crippen molar-refractivity contribution in [2.75, 3.05) is 12.4 Å². The van der Waals surface area contributed by atoms with Crippen molar-refractivity contribution in [1.29, 1.82) is 0 Å². The first-order chi connectivity index (χ1) is 26.8. The lowest BCUT2D eigenvalue weighted by Gasteiger charge is -2.35. The monoisotopic (exact) mass is 751 g/mol. The largest absolute Gasteiger partial charge is 0.456 e. The Morgan fingerprint density at radius 1 is 0.727 bits per heavy atom. The lowest BCUT2D eigenvalue weighted by atomic mass is 9.84. The Morgan fingerprint density at radius 2 is 1.22 bits per heavy atom. The van der Waals surface area contributed by atoms with Crippen LogP contribution in [0.15, 0.2) is 152 Å². The predicted octanol–water partition coefficient (Wildman–Crippen LogP) is 10.5. The van der Waals surface area contributed by atoms with E-state index in [2.05, 4.69) is 102 Å². The third-order valence-electron chi connectivity index (χ3n) is 10.0. The fraction of sp³-hybridized carbons (Fsp3) is 0.271. The quantitative estimate of drug-likeness (QED) is 0.0441. The van der Waals surface area contributed by atoms with Crippen molar-refractivity contribution >= 4 is 29.6 Å². The second-order valence-electron chi connectivity index (χ2n) is 14.3. The summed E-state index contributed by atoms with van der Waals surface area (Å²) in [5.41, 5.74) is 8.14. The Hall–Kier alpha value is -5.40. The third-order valence-corrected chi connectivity index (χ3v) is 11.7. The first-order valence-electron chi connectivity index (χ1n) is 19.1. The Bertz CT molecular complexity index is 1920. The Kier molecular flexibility index (Phi) is 13.4. The van der Waals surface area contributed by atoms with E-state index in [-0.39, 0.29) is 30.6 Å². The summed E-state index contributed by atoms with van der Waals surface area (Å²) in [5.74, 6) is -0.210. The summed E-state index contributed by atoms with van der Waals surface area (Å²) >= 11 is 1.90. The minimum Gasteiger partial charge on any atom is -0.456 e. The minimum absolute atomic E-state index is 0.0475. The van der Waals surface area contributed by atoms with Crippen LogP contribution in [0.3, 0.4) is 0 Å². The molecule has 1 aliphatic carbocycles. The highest BCUT2D eigenvalue weighted by Crippen LogP contribution is 2.49. The smallest absolute Gasteiger partial charge is 0.407 e. The van der Waals surface area contributed by atoms with Crippen LogP contribution in [0.2, 0.25) is 0 Å². The number of nitrogens with one attached hydrogen (secondary N) is 1. The number of unbranched alkanes of at least 4 members (excludes halogenated alkanes) is 1. The molecule has 0 aliphatic heterocycles. The molecule has 5 aromatic rings. The number of fused-ring (bicyclic) bond motifs is 3. The fourth-order valence-electron chi connectivity index (χ4n) is 7.36. The number of esters is 1. The summed E-state index contributed by atoms with van der Waals surface area (Å²) in [4.78, 5) is 38.9. The van der Waals surface area contributed by atoms with Crippen molar-refractivity contribution in [3.63, 3.8) is 0 Å². The van der Waals surface area contributed by atoms with E-state index in [0.29, 0.717) is 0 Å². The van der Waals surface area contributed by atoms with Crippen LogP contribution < -0.4 is 5.32 Å². The van der Waals surface area contributed by atoms with Gasteiger partial charge in [0.25, 0.3) is 0 Å². The number of amides is 1. The number of rotatable bonds is 17. The number of ketones is 1. The summed E-state index contributed by atoms with van der Waals surface area (Å²) in [7, 11) is 0. The highest BCUT2D eigenvalue weighted by atomic mass is 32.2. The molecule has 282 valence electrons. The zero-order valence-electron chi connectivity index (χ0n) is 31.7. The molecular formula is C48H49NO5S. The molecule has 0 bridgehead atoms. The zero-order chi connectivity index (χ0) is 38.6. The number of Topliss-reactive ketones (excluding diaryl/α,β-unsaturated/α-hetero) is 1. The van der Waals surface area contributed by atoms with Crippen molar-refractivity contribution in [2.24, 2.45) is 5.92 Å². The molecule has 0 radical (unpaired) electrons. The first-order valence-corrected chi connectivity index (χ1v) is 20.0. The van der Waals surface area contributed by atoms with E-state index in [1.165, 1.54) is 23.6 Å². The van der Waals surface area contributed by atoms with Gasteiger partial charge in [0.2, 0.25) is 0 Å². The molecule has 1 N–H and O–H groups in total. The highest BCUT2D eigenvalue weighted by Gasteiger charge is 2.37. The average Bonchev–Trinajstić information content (AvgIpc) is 3.53. The van der Waals surface area contributed by atoms with E-state index >= 15 is 0 Å². The first kappa shape index (κ1) is 39.3. The number of carbonyl (C=O) groups is 3. The van der Waals surface area contributed by atoms with Gasteiger partial charge in [0.1, 0.15) is 24.5 Å². The molecule has 5 aromatic carbocycles. The molecule has 7 heteroatoms. The van der Waals surface area contributed by atoms with Gasteiger partial charge in [-0.05, 0) is 76.5 Å². The van der Waals surface area contributed by atoms with Crippen LogP contribution in [-0.2, 0) is 23.8 Å². The number of hydrogen-bond acceptors (Lipinski definition) is 6. The van der Waals surface area contributed by atoms with Gasteiger partial charge in [-0.2, -0.15) is 0 Å². The van der Waals surface area contributed by atoms with Crippen LogP contribution in [0.25, 0.3) is 11.1 Å². The van der Waals surface area contributed by atoms with Gasteiger partial charge in [0, 0.05) is 12.3 Å². The van der Waals surface area contributed by atoms with Crippen LogP contribution in [-0.4, -0.2) is 42.4 Å². The molecule has 1 aliphatic rings. The second kappa shape index (κ2) is 18.8. The number of thioether (sulfide) groups is 1. The van der Waals surface area contributed by atoms with Gasteiger partial charge in [-0.25, -0.2) is 9.59 Å². The normalized spacial score (nSPS) is 13.5. The van der Waals surface area contributed by atoms with Crippen LogP contribution in [0.1, 0.15) is 73.8 Å². The Balaban J connectivity index is 1.07. The molecule has 0 unspecified atom stereocenters. The molecule has 6 rings (SSSR count). The summed E-state index contributed by atoms with van der Waals surface area (Å²) < 4.78 is 11.2. The standard InChI is InChI=1S/C48H49NO5S/c1-34(2)45(49-47(52)53-33-44-42-29-17-15-27-40(42)41-28-16-18-30-43(41)44)46(51)54-39(32-35(3)50)26-14-7-19-31-55-48(36-20-8-4-9-21-36,37-22-10-5-11-23-37)38-24-12-6-13-25-38/h4-6,8-18,20-30,34,39,44-45H,7,19,31-33H2,1-3H3,(H,49,52)/b26-14+/t39-,45+/m1/s1. The second-order valence-corrected chi connectivity index (χ2v) is 15.6. The van der Waals surface area contributed by atoms with E-state index in [9.17, 15) is 14.4 Å². The summed E-state index contributed by atoms with van der Waals surface area (Å²) in [5, 5.41) is 2.74. The van der Waals surface area contributed by atoms with Gasteiger partial charge in [0.15, 0.2) is 0 Å². The molecule has 0 aromatic heterocycles. The summed E-state index contributed by atoms with van der Waals surface area (Å²) in [6, 6.07) is 47.2. The van der Waals surface area contributed by atoms with Gasteiger partial charge >= 0.3 is 12.1 Å². The number of alkyl carbamates (subject to hydrolysis) is 1. The lowest BCUT2D eigenvalue weighted by molar-refractivity contribution is -0.151. The van der Waals surface area contributed by atoms with E-state index in [4.69, 9.17) is 9.47 Å². The fourth-order valence-corrected chi connectivity index (χ4v) is 8.89. The van der Waals surface area contributed by atoms with Gasteiger partial charge in [-0.3, -0.25) is 4.79 Å². The Morgan fingerprint density at radius 3 is 1.71 bits per heavy atom. The van der Waals surface area contributed by atoms with Gasteiger partial charge in [0.05, 0.1) is 4.75 Å². The molecular weight excluding hydrogens is 703 g/mol. The average molecular weight is 752 g/mol. The van der Waals surface area contributed by atoms with E-state index in [1.807, 2.05) is 74.1 Å². The molecule has 2 atom stereocenters. The maximum atomic E-state index is 13.5. The van der Waals surface area contributed by atoms with Gasteiger partial charge in [-0.15, -0.1) is 11.8 Å². The molecule has 6 nitrogen and oxygen atoms in total. The highest BCUT2D eigenvalue weighted by molar-refractivity contribution is 8.00. The Labute approximate surface area is 329 Å². The maximum Gasteiger partial charge on any atom is 0.407 e. The minimum atomic E-state index is -0.947. The van der Waals surface area contributed by atoms with Crippen molar-refractivity contribution in [2.45, 2.75) is 62.8 Å². The summed E-state index contributed by atoms with van der Waals surface area (Å²) in [6.07, 6.45) is 4.00. The number of hydrogen-bond donors (Lipinski definition) is 1. The van der Waals surface area contributed by atoms with Crippen molar-refractivity contribution in [3.8, 4) is 11.1 Å². The van der Waals surface area contributed by atoms with Crippen LogP contribution in [0.4, 0.5) is 4.79 Å². The zero-order valence-corrected chi connectivity index (χ0v) is 32.5. The molecule has 0 spiro atoms. The molecule has 55 heavy (non-hydrogen) atoms. The van der Waals surface area contributed by atoms with E-state index in [0.717, 1.165) is 40.8 Å². The van der Waals surface area contributed by atoms with E-state index in [1.54, 1.807) is 6.08 Å². The van der Waals surface area contributed by atoms with Crippen LogP contribution in [0.5, 0.6) is 0 Å². The molecule has 0 fully saturated rings. The van der Waals surface area contributed by atoms with Crippen molar-refractivity contribution in [1.82, 2.24) is 5.32 Å². The maximum absolute atomic E-state index is 13.5. The predicted molar refractivity (Wildman–Crippen MR) is 222 cm³/mol. The van der Waals surface area contributed by atoms with Crippen LogP contribution >= 0.6 is 11.8 Å². The van der Waals surface area contributed by atoms with Crippen LogP contribution in [0, 0.1) is 5.92 Å². The SMILES string of the molecule is CC(=O)C[C@@H](/C=C/CCCSC(c1ccccc1)(c1ccccc1)c1ccccc1)OC(=O)[C@@H](NC(=O)OCC1c2ccccc2-c2ccccc21)C(C)C. The topological polar surface area (TPSA) is 81.7 Å². The molecule has 0 saturated carbocycles. The van der Waals surface area contributed by atoms with Gasteiger partial charge < -0.3 is 14.8 Å². The van der Waals surface area contributed by atoms with Crippen molar-refractivity contribution < 1.29 is 23.9 Å². The number of ether oxygens (including phenoxy) is 2. The summed E-state index contributed by atoms with van der Waals surface area (Å²) in [6.45, 7) is 5.29. The molecule has 0 saturated heterocycles. The number of carbonyl (C=O) groups excluding carboxylic acids is 3.